The number of phenolic OH excluding ortho intramolecular Hbond substituents is 1. The van der Waals surface area contributed by atoms with Gasteiger partial charge in [0.1, 0.15) is 17.8 Å². The number of nitrogens with two attached hydrogens (primary N) is 1. The van der Waals surface area contributed by atoms with Gasteiger partial charge in [0.25, 0.3) is 0 Å². The highest BCUT2D eigenvalue weighted by Crippen LogP contribution is 2.65. The molecule has 0 heterocycles. The number of benzene rings is 1. The summed E-state index contributed by atoms with van der Waals surface area (Å²) in [6.07, 6.45) is 2.63. The maximum absolute atomic E-state index is 14.1. The van der Waals surface area contributed by atoms with Crippen LogP contribution in [0.25, 0.3) is 0 Å². The third kappa shape index (κ3) is 3.88. The molecule has 0 radical (unpaired) electrons. The Morgan fingerprint density at radius 3 is 2.35 bits per heavy atom. The van der Waals surface area contributed by atoms with Crippen LogP contribution in [0.5, 0.6) is 5.75 Å². The minimum absolute atomic E-state index is 0.0549. The smallest absolute Gasteiger partial charge is 0.230 e. The molecular formula is C32H41NO7. The van der Waals surface area contributed by atoms with E-state index in [1.165, 1.54) is 12.5 Å². The number of aliphatic hydroxyl groups is 3. The second-order valence-corrected chi connectivity index (χ2v) is 13.6. The molecule has 2 unspecified atom stereocenters. The molecule has 4 aliphatic carbocycles. The number of phenols is 1. The van der Waals surface area contributed by atoms with E-state index < -0.39 is 63.9 Å². The van der Waals surface area contributed by atoms with Crippen molar-refractivity contribution in [1.29, 1.82) is 0 Å². The Bertz CT molecular complexity index is 1320. The number of amides is 1. The van der Waals surface area contributed by atoms with E-state index in [0.717, 1.165) is 25.7 Å². The number of rotatable bonds is 2. The number of carbonyl (C=O) groups excluding carboxylic acids is 3. The molecule has 216 valence electrons. The zero-order valence-electron chi connectivity index (χ0n) is 23.7. The molecule has 40 heavy (non-hydrogen) atoms. The number of aromatic hydroxyl groups is 1. The molecule has 0 spiro atoms. The van der Waals surface area contributed by atoms with Gasteiger partial charge in [-0.1, -0.05) is 58.8 Å². The van der Waals surface area contributed by atoms with E-state index in [2.05, 4.69) is 11.8 Å². The fraction of sp³-hybridized carbons (Fsp3) is 0.656. The quantitative estimate of drug-likeness (QED) is 0.279. The van der Waals surface area contributed by atoms with Crippen LogP contribution < -0.4 is 5.73 Å². The number of fused-ring (bicyclic) bond motifs is 3. The second-order valence-electron chi connectivity index (χ2n) is 13.6. The average Bonchev–Trinajstić information content (AvgIpc) is 2.86. The molecule has 1 amide bonds. The minimum atomic E-state index is -2.51. The maximum atomic E-state index is 14.1. The molecule has 0 aromatic heterocycles. The highest BCUT2D eigenvalue weighted by atomic mass is 16.4. The third-order valence-corrected chi connectivity index (χ3v) is 10.7. The first-order valence-corrected chi connectivity index (χ1v) is 14.5. The van der Waals surface area contributed by atoms with Crippen LogP contribution in [-0.2, 0) is 16.0 Å². The van der Waals surface area contributed by atoms with E-state index in [-0.39, 0.29) is 36.0 Å². The van der Waals surface area contributed by atoms with Crippen LogP contribution in [0.3, 0.4) is 0 Å². The molecule has 1 aromatic rings. The average molecular weight is 552 g/mol. The van der Waals surface area contributed by atoms with Crippen LogP contribution in [-0.4, -0.2) is 55.7 Å². The van der Waals surface area contributed by atoms with E-state index in [9.17, 15) is 34.8 Å². The van der Waals surface area contributed by atoms with Gasteiger partial charge in [-0.3, -0.25) is 14.4 Å². The van der Waals surface area contributed by atoms with Crippen LogP contribution >= 0.6 is 0 Å². The second kappa shape index (κ2) is 9.68. The summed E-state index contributed by atoms with van der Waals surface area (Å²) >= 11 is 0. The number of hydrogen-bond donors (Lipinski definition) is 5. The SMILES string of the molecule is CC(C)[C@H]1C(O)[C@@H](C(N)=O)C(=O)[C@]2(O)C(O)[C@H]3C(=O)c4c(O)ccc(C#CC5CCCCC5)c4C[C@]3(C)C[C@]12C. The summed E-state index contributed by atoms with van der Waals surface area (Å²) in [5.74, 6) is -0.0306. The lowest BCUT2D eigenvalue weighted by Gasteiger charge is -2.66. The fourth-order valence-corrected chi connectivity index (χ4v) is 9.08. The summed E-state index contributed by atoms with van der Waals surface area (Å²) in [6, 6.07) is 3.15. The molecule has 6 N–H and O–H groups in total. The Balaban J connectivity index is 1.65. The first-order valence-electron chi connectivity index (χ1n) is 14.5. The number of primary amides is 1. The number of carbonyl (C=O) groups is 3. The van der Waals surface area contributed by atoms with E-state index in [0.29, 0.717) is 11.1 Å². The number of hydrogen-bond acceptors (Lipinski definition) is 7. The Labute approximate surface area is 235 Å². The minimum Gasteiger partial charge on any atom is -0.507 e. The van der Waals surface area contributed by atoms with Gasteiger partial charge in [-0.25, -0.2) is 0 Å². The lowest BCUT2D eigenvalue weighted by atomic mass is 9.39. The fourth-order valence-electron chi connectivity index (χ4n) is 9.08. The van der Waals surface area contributed by atoms with Crippen molar-refractivity contribution < 1.29 is 34.8 Å². The van der Waals surface area contributed by atoms with Crippen LogP contribution in [0, 0.1) is 52.3 Å². The number of aliphatic hydroxyl groups excluding tert-OH is 2. The summed E-state index contributed by atoms with van der Waals surface area (Å²) < 4.78 is 0. The third-order valence-electron chi connectivity index (χ3n) is 10.7. The molecule has 0 saturated heterocycles. The molecule has 5 rings (SSSR count). The summed E-state index contributed by atoms with van der Waals surface area (Å²) in [6.45, 7) is 7.16. The van der Waals surface area contributed by atoms with Crippen molar-refractivity contribution in [3.8, 4) is 17.6 Å². The van der Waals surface area contributed by atoms with Gasteiger partial charge in [0.2, 0.25) is 5.91 Å². The van der Waals surface area contributed by atoms with Gasteiger partial charge in [-0.15, -0.1) is 0 Å². The van der Waals surface area contributed by atoms with Crippen LogP contribution in [0.4, 0.5) is 0 Å². The van der Waals surface area contributed by atoms with Gasteiger partial charge in [0.15, 0.2) is 17.2 Å². The molecule has 0 bridgehead atoms. The zero-order valence-corrected chi connectivity index (χ0v) is 23.7. The van der Waals surface area contributed by atoms with Gasteiger partial charge in [0, 0.05) is 16.9 Å². The number of Topliss-reactive ketones (excluding diaryl/α,β-unsaturated/α-hetero) is 2. The highest BCUT2D eigenvalue weighted by molar-refractivity contribution is 6.09. The summed E-state index contributed by atoms with van der Waals surface area (Å²) in [4.78, 5) is 40.2. The first-order chi connectivity index (χ1) is 18.7. The standard InChI is InChI=1S/C32H41NO7/c1-16(2)23-26(36)22(29(33)39)27(37)32(40)28(38)24-25(35)21-19(14-30(24,3)15-31(23,32)4)18(12-13-20(21)34)11-10-17-8-6-5-7-9-17/h12-13,16-17,22-24,26,28,34,36,38,40H,5-9,14-15H2,1-4H3,(H2,33,39)/t22-,23+,24-,26?,28?,30-,31-,32+/m1/s1. The Morgan fingerprint density at radius 2 is 1.75 bits per heavy atom. The monoisotopic (exact) mass is 551 g/mol. The normalized spacial score (nSPS) is 39.5. The van der Waals surface area contributed by atoms with Crippen molar-refractivity contribution in [2.45, 2.75) is 90.4 Å². The molecule has 3 fully saturated rings. The van der Waals surface area contributed by atoms with Crippen molar-refractivity contribution in [1.82, 2.24) is 0 Å². The van der Waals surface area contributed by atoms with Crippen molar-refractivity contribution in [3.63, 3.8) is 0 Å². The lowest BCUT2D eigenvalue weighted by molar-refractivity contribution is -0.265. The van der Waals surface area contributed by atoms with Gasteiger partial charge in [0.05, 0.1) is 17.6 Å². The maximum Gasteiger partial charge on any atom is 0.230 e. The van der Waals surface area contributed by atoms with Gasteiger partial charge < -0.3 is 26.2 Å². The predicted molar refractivity (Wildman–Crippen MR) is 147 cm³/mol. The van der Waals surface area contributed by atoms with Crippen molar-refractivity contribution in [3.05, 3.63) is 28.8 Å². The largest absolute Gasteiger partial charge is 0.507 e. The zero-order chi connectivity index (χ0) is 29.4. The summed E-state index contributed by atoms with van der Waals surface area (Å²) in [5, 5.41) is 46.1. The molecule has 8 atom stereocenters. The molecule has 8 nitrogen and oxygen atoms in total. The van der Waals surface area contributed by atoms with E-state index in [1.807, 2.05) is 20.8 Å². The van der Waals surface area contributed by atoms with Crippen molar-refractivity contribution in [2.24, 2.45) is 46.2 Å². The van der Waals surface area contributed by atoms with Crippen molar-refractivity contribution >= 4 is 17.5 Å². The van der Waals surface area contributed by atoms with E-state index in [4.69, 9.17) is 5.73 Å². The molecule has 3 saturated carbocycles. The molecule has 8 heteroatoms. The van der Waals surface area contributed by atoms with Crippen LogP contribution in [0.15, 0.2) is 12.1 Å². The molecule has 0 aliphatic heterocycles. The Morgan fingerprint density at radius 1 is 1.10 bits per heavy atom. The number of ketones is 2. The van der Waals surface area contributed by atoms with Gasteiger partial charge >= 0.3 is 0 Å². The van der Waals surface area contributed by atoms with Gasteiger partial charge in [-0.2, -0.15) is 0 Å². The predicted octanol–water partition coefficient (Wildman–Crippen LogP) is 2.50. The van der Waals surface area contributed by atoms with E-state index in [1.54, 1.807) is 13.0 Å². The Hall–Kier alpha value is -2.73. The van der Waals surface area contributed by atoms with Crippen molar-refractivity contribution in [2.75, 3.05) is 0 Å². The summed E-state index contributed by atoms with van der Waals surface area (Å²) in [5.41, 5.74) is 2.01. The van der Waals surface area contributed by atoms with E-state index >= 15 is 0 Å². The van der Waals surface area contributed by atoms with Crippen LogP contribution in [0.1, 0.15) is 87.7 Å². The summed E-state index contributed by atoms with van der Waals surface area (Å²) in [7, 11) is 0. The Kier molecular flexibility index (Phi) is 6.97. The highest BCUT2D eigenvalue weighted by Gasteiger charge is 2.75. The lowest BCUT2D eigenvalue weighted by Crippen LogP contribution is -2.79. The molecule has 1 aromatic carbocycles. The first kappa shape index (κ1) is 28.8. The molecular weight excluding hydrogens is 510 g/mol. The molecule has 4 aliphatic rings. The topological polar surface area (TPSA) is 158 Å². The van der Waals surface area contributed by atoms with Gasteiger partial charge in [-0.05, 0) is 60.6 Å². The van der Waals surface area contributed by atoms with Crippen LogP contribution in [0.2, 0.25) is 0 Å².